The summed E-state index contributed by atoms with van der Waals surface area (Å²) in [6.45, 7) is 5.99. The number of aliphatic carboxylic acids is 1. The lowest BCUT2D eigenvalue weighted by Crippen LogP contribution is -2.70. The Morgan fingerprint density at radius 1 is 1.15 bits per heavy atom. The molecule has 4 unspecified atom stereocenters. The van der Waals surface area contributed by atoms with Crippen molar-refractivity contribution in [2.45, 2.75) is 76.8 Å². The van der Waals surface area contributed by atoms with Crippen LogP contribution < -0.4 is 0 Å². The molecule has 0 aromatic heterocycles. The van der Waals surface area contributed by atoms with Gasteiger partial charge in [-0.3, -0.25) is 9.59 Å². The number of carbonyl (C=O) groups is 2. The summed E-state index contributed by atoms with van der Waals surface area (Å²) < 4.78 is 17.5. The third kappa shape index (κ3) is 2.66. The predicted molar refractivity (Wildman–Crippen MR) is 85.2 cm³/mol. The summed E-state index contributed by atoms with van der Waals surface area (Å²) in [6.07, 6.45) is 1.30. The van der Waals surface area contributed by atoms with Gasteiger partial charge >= 0.3 is 11.9 Å². The molecule has 2 bridgehead atoms. The molecule has 1 N–H and O–H groups in total. The zero-order valence-electron chi connectivity index (χ0n) is 15.3. The highest BCUT2D eigenvalue weighted by molar-refractivity contribution is 5.90. The summed E-state index contributed by atoms with van der Waals surface area (Å²) >= 11 is 0. The van der Waals surface area contributed by atoms with Crippen LogP contribution in [0.4, 0.5) is 0 Å². The van der Waals surface area contributed by atoms with Crippen LogP contribution in [0, 0.1) is 23.7 Å². The second-order valence-corrected chi connectivity index (χ2v) is 8.33. The summed E-state index contributed by atoms with van der Waals surface area (Å²) in [7, 11) is 0. The molecule has 146 valence electrons. The van der Waals surface area contributed by atoms with Gasteiger partial charge in [-0.1, -0.05) is 13.8 Å². The first kappa shape index (κ1) is 18.2. The Balaban J connectivity index is 1.64. The number of hydrogen-bond acceptors (Lipinski definition) is 7. The Morgan fingerprint density at radius 3 is 2.65 bits per heavy atom. The third-order valence-electron chi connectivity index (χ3n) is 6.64. The van der Waals surface area contributed by atoms with Crippen molar-refractivity contribution < 1.29 is 38.7 Å². The molecule has 0 aromatic carbocycles. The van der Waals surface area contributed by atoms with Crippen molar-refractivity contribution >= 4 is 11.9 Å². The van der Waals surface area contributed by atoms with Crippen molar-refractivity contribution in [1.82, 2.24) is 0 Å². The molecule has 0 radical (unpaired) electrons. The van der Waals surface area contributed by atoms with Crippen LogP contribution >= 0.6 is 0 Å². The number of carboxylic acids is 1. The van der Waals surface area contributed by atoms with E-state index in [0.29, 0.717) is 12.3 Å². The van der Waals surface area contributed by atoms with E-state index in [1.54, 1.807) is 0 Å². The SMILES string of the molecule is C[C@H]1C(OC(=O)CC(=O)O)OC2O[C@]3(C)CCC4[C@H](C)CCC1[C@@]24OO3. The summed E-state index contributed by atoms with van der Waals surface area (Å²) in [6, 6.07) is 0. The number of rotatable bonds is 3. The van der Waals surface area contributed by atoms with Gasteiger partial charge in [-0.05, 0) is 38.0 Å². The molecule has 8 heteroatoms. The maximum Gasteiger partial charge on any atom is 0.319 e. The first-order chi connectivity index (χ1) is 12.2. The molecule has 4 aliphatic heterocycles. The summed E-state index contributed by atoms with van der Waals surface area (Å²) in [5, 5.41) is 8.79. The highest BCUT2D eigenvalue weighted by Gasteiger charge is 2.69. The van der Waals surface area contributed by atoms with E-state index in [1.807, 2.05) is 13.8 Å². The van der Waals surface area contributed by atoms with Crippen molar-refractivity contribution in [2.24, 2.45) is 23.7 Å². The van der Waals surface area contributed by atoms with Gasteiger partial charge in [-0.15, -0.1) is 0 Å². The van der Waals surface area contributed by atoms with Gasteiger partial charge in [0, 0.05) is 18.3 Å². The highest BCUT2D eigenvalue weighted by Crippen LogP contribution is 2.60. The summed E-state index contributed by atoms with van der Waals surface area (Å²) in [5.41, 5.74) is -0.719. The average molecular weight is 370 g/mol. The topological polar surface area (TPSA) is 101 Å². The van der Waals surface area contributed by atoms with Crippen molar-refractivity contribution in [2.75, 3.05) is 0 Å². The highest BCUT2D eigenvalue weighted by atomic mass is 17.3. The fourth-order valence-electron chi connectivity index (χ4n) is 5.30. The van der Waals surface area contributed by atoms with Crippen LogP contribution in [0.25, 0.3) is 0 Å². The van der Waals surface area contributed by atoms with Gasteiger partial charge < -0.3 is 19.3 Å². The van der Waals surface area contributed by atoms with Gasteiger partial charge in [-0.2, -0.15) is 0 Å². The summed E-state index contributed by atoms with van der Waals surface area (Å²) in [4.78, 5) is 34.3. The van der Waals surface area contributed by atoms with E-state index >= 15 is 0 Å². The van der Waals surface area contributed by atoms with Crippen LogP contribution in [0.2, 0.25) is 0 Å². The molecule has 1 aliphatic carbocycles. The number of carbonyl (C=O) groups excluding carboxylic acids is 1. The van der Waals surface area contributed by atoms with Crippen molar-refractivity contribution in [3.63, 3.8) is 0 Å². The lowest BCUT2D eigenvalue weighted by atomic mass is 9.58. The molecule has 5 aliphatic rings. The van der Waals surface area contributed by atoms with Crippen molar-refractivity contribution in [3.05, 3.63) is 0 Å². The lowest BCUT2D eigenvalue weighted by molar-refractivity contribution is -0.576. The van der Waals surface area contributed by atoms with E-state index in [2.05, 4.69) is 6.92 Å². The average Bonchev–Trinajstić information content (AvgIpc) is 2.78. The van der Waals surface area contributed by atoms with Crippen LogP contribution in [0.15, 0.2) is 0 Å². The first-order valence-corrected chi connectivity index (χ1v) is 9.36. The minimum atomic E-state index is -1.23. The Hall–Kier alpha value is -1.22. The van der Waals surface area contributed by atoms with Gasteiger partial charge in [0.05, 0.1) is 0 Å². The van der Waals surface area contributed by atoms with E-state index in [-0.39, 0.29) is 17.8 Å². The van der Waals surface area contributed by atoms with Crippen molar-refractivity contribution in [3.8, 4) is 0 Å². The molecule has 4 saturated heterocycles. The third-order valence-corrected chi connectivity index (χ3v) is 6.64. The normalized spacial score (nSPS) is 49.8. The number of esters is 1. The maximum absolute atomic E-state index is 11.9. The fraction of sp³-hybridized carbons (Fsp3) is 0.889. The minimum Gasteiger partial charge on any atom is -0.481 e. The Morgan fingerprint density at radius 2 is 1.92 bits per heavy atom. The number of carboxylic acid groups (broad SMARTS) is 1. The van der Waals surface area contributed by atoms with Crippen LogP contribution in [0.3, 0.4) is 0 Å². The molecule has 8 atom stereocenters. The molecular formula is C18H26O8. The smallest absolute Gasteiger partial charge is 0.319 e. The van der Waals surface area contributed by atoms with Crippen LogP contribution in [0.5, 0.6) is 0 Å². The van der Waals surface area contributed by atoms with E-state index < -0.39 is 42.3 Å². The molecule has 5 rings (SSSR count). The van der Waals surface area contributed by atoms with E-state index in [9.17, 15) is 9.59 Å². The van der Waals surface area contributed by atoms with Crippen LogP contribution in [0.1, 0.15) is 52.9 Å². The van der Waals surface area contributed by atoms with Gasteiger partial charge in [0.2, 0.25) is 12.1 Å². The second-order valence-electron chi connectivity index (χ2n) is 8.33. The monoisotopic (exact) mass is 370 g/mol. The standard InChI is InChI=1S/C18H26O8/c1-9-4-5-12-10(2)15(22-14(21)8-13(19)20)23-16-18(12)11(9)6-7-17(3,24-16)25-26-18/h9-12,15-16H,4-8H2,1-3H3,(H,19,20)/t9-,10-,11?,12?,15?,16?,17+,18-/m1/s1. The Labute approximate surface area is 152 Å². The predicted octanol–water partition coefficient (Wildman–Crippen LogP) is 2.21. The van der Waals surface area contributed by atoms with Gasteiger partial charge in [0.1, 0.15) is 6.42 Å². The summed E-state index contributed by atoms with van der Waals surface area (Å²) in [5.74, 6) is -2.38. The molecule has 1 saturated carbocycles. The van der Waals surface area contributed by atoms with Gasteiger partial charge in [0.25, 0.3) is 0 Å². The zero-order chi connectivity index (χ0) is 18.7. The number of fused-ring (bicyclic) bond motifs is 2. The first-order valence-electron chi connectivity index (χ1n) is 9.36. The van der Waals surface area contributed by atoms with E-state index in [1.165, 1.54) is 0 Å². The molecule has 0 aromatic rings. The lowest BCUT2D eigenvalue weighted by Gasteiger charge is -2.59. The molecule has 5 fully saturated rings. The molecule has 0 amide bonds. The van der Waals surface area contributed by atoms with Crippen LogP contribution in [-0.2, 0) is 33.6 Å². The number of hydrogen-bond donors (Lipinski definition) is 1. The molecule has 1 spiro atoms. The number of ether oxygens (including phenoxy) is 3. The molecule has 4 heterocycles. The molecule has 26 heavy (non-hydrogen) atoms. The fourth-order valence-corrected chi connectivity index (χ4v) is 5.30. The Kier molecular flexibility index (Phi) is 4.30. The second kappa shape index (κ2) is 6.15. The molecule has 8 nitrogen and oxygen atoms in total. The quantitative estimate of drug-likeness (QED) is 0.458. The van der Waals surface area contributed by atoms with Gasteiger partial charge in [-0.25, -0.2) is 9.78 Å². The largest absolute Gasteiger partial charge is 0.481 e. The van der Waals surface area contributed by atoms with E-state index in [0.717, 1.165) is 19.3 Å². The Bertz CT molecular complexity index is 608. The van der Waals surface area contributed by atoms with Crippen LogP contribution in [-0.4, -0.2) is 41.0 Å². The molecular weight excluding hydrogens is 344 g/mol. The van der Waals surface area contributed by atoms with Gasteiger partial charge in [0.15, 0.2) is 11.9 Å². The zero-order valence-corrected chi connectivity index (χ0v) is 15.3. The maximum atomic E-state index is 11.9. The minimum absolute atomic E-state index is 0.0349. The van der Waals surface area contributed by atoms with Crippen molar-refractivity contribution in [1.29, 1.82) is 0 Å². The van der Waals surface area contributed by atoms with E-state index in [4.69, 9.17) is 29.1 Å².